The van der Waals surface area contributed by atoms with Gasteiger partial charge in [0.05, 0.1) is 5.69 Å². The lowest BCUT2D eigenvalue weighted by Crippen LogP contribution is -2.21. The van der Waals surface area contributed by atoms with Crippen molar-refractivity contribution < 1.29 is 13.5 Å². The summed E-state index contributed by atoms with van der Waals surface area (Å²) in [6, 6.07) is 4.86. The SMILES string of the molecule is CCC(CCO)Nc1ccc(S(=O)(=O)NC)c(N)c1. The number of hydrogen-bond donors (Lipinski definition) is 4. The number of benzene rings is 1. The molecule has 1 aromatic rings. The van der Waals surface area contributed by atoms with Crippen molar-refractivity contribution in [1.82, 2.24) is 4.72 Å². The molecule has 0 aliphatic rings. The van der Waals surface area contributed by atoms with Crippen molar-refractivity contribution in [2.45, 2.75) is 30.7 Å². The standard InChI is InChI=1S/C12H21N3O3S/c1-3-9(6-7-16)15-10-4-5-12(11(13)8-10)19(17,18)14-2/h4-5,8-9,14-16H,3,6-7,13H2,1-2H3. The summed E-state index contributed by atoms with van der Waals surface area (Å²) >= 11 is 0. The van der Waals surface area contributed by atoms with Gasteiger partial charge < -0.3 is 16.2 Å². The van der Waals surface area contributed by atoms with Gasteiger partial charge in [-0.2, -0.15) is 0 Å². The smallest absolute Gasteiger partial charge is 0.242 e. The Bertz CT molecular complexity index is 517. The average Bonchev–Trinajstić information content (AvgIpc) is 2.38. The van der Waals surface area contributed by atoms with Crippen LogP contribution in [0, 0.1) is 0 Å². The molecule has 1 rings (SSSR count). The molecule has 0 aromatic heterocycles. The monoisotopic (exact) mass is 287 g/mol. The zero-order valence-electron chi connectivity index (χ0n) is 11.2. The van der Waals surface area contributed by atoms with E-state index in [1.807, 2.05) is 6.92 Å². The summed E-state index contributed by atoms with van der Waals surface area (Å²) in [6.45, 7) is 2.11. The molecule has 6 nitrogen and oxygen atoms in total. The van der Waals surface area contributed by atoms with Crippen LogP contribution in [-0.4, -0.2) is 33.2 Å². The minimum Gasteiger partial charge on any atom is -0.398 e. The summed E-state index contributed by atoms with van der Waals surface area (Å²) in [5, 5.41) is 12.1. The highest BCUT2D eigenvalue weighted by Gasteiger charge is 2.15. The highest BCUT2D eigenvalue weighted by atomic mass is 32.2. The molecule has 0 fully saturated rings. The molecule has 1 atom stereocenters. The van der Waals surface area contributed by atoms with Gasteiger partial charge in [0.15, 0.2) is 0 Å². The molecule has 0 saturated carbocycles. The zero-order chi connectivity index (χ0) is 14.5. The summed E-state index contributed by atoms with van der Waals surface area (Å²) in [4.78, 5) is 0.0655. The van der Waals surface area contributed by atoms with Gasteiger partial charge in [-0.15, -0.1) is 0 Å². The molecular formula is C12H21N3O3S. The first-order chi connectivity index (χ1) is 8.94. The first-order valence-electron chi connectivity index (χ1n) is 6.15. The minimum absolute atomic E-state index is 0.0655. The van der Waals surface area contributed by atoms with Crippen LogP contribution in [-0.2, 0) is 10.0 Å². The van der Waals surface area contributed by atoms with E-state index in [-0.39, 0.29) is 23.2 Å². The first-order valence-corrected chi connectivity index (χ1v) is 7.63. The average molecular weight is 287 g/mol. The van der Waals surface area contributed by atoms with E-state index in [2.05, 4.69) is 10.0 Å². The molecule has 0 spiro atoms. The Balaban J connectivity index is 2.94. The van der Waals surface area contributed by atoms with Crippen LogP contribution < -0.4 is 15.8 Å². The van der Waals surface area contributed by atoms with E-state index in [1.165, 1.54) is 13.1 Å². The quantitative estimate of drug-likeness (QED) is 0.554. The molecule has 108 valence electrons. The molecule has 0 aliphatic carbocycles. The summed E-state index contributed by atoms with van der Waals surface area (Å²) in [7, 11) is -2.19. The maximum atomic E-state index is 11.7. The number of hydrogen-bond acceptors (Lipinski definition) is 5. The predicted molar refractivity (Wildman–Crippen MR) is 76.5 cm³/mol. The lowest BCUT2D eigenvalue weighted by molar-refractivity contribution is 0.278. The van der Waals surface area contributed by atoms with E-state index in [9.17, 15) is 8.42 Å². The molecule has 5 N–H and O–H groups in total. The first kappa shape index (κ1) is 15.7. The third-order valence-corrected chi connectivity index (χ3v) is 4.40. The van der Waals surface area contributed by atoms with Gasteiger partial charge in [-0.3, -0.25) is 0 Å². The molecule has 7 heteroatoms. The molecule has 0 saturated heterocycles. The maximum Gasteiger partial charge on any atom is 0.242 e. The van der Waals surface area contributed by atoms with Crippen molar-refractivity contribution in [2.75, 3.05) is 24.7 Å². The minimum atomic E-state index is -3.53. The number of anilines is 2. The van der Waals surface area contributed by atoms with E-state index in [4.69, 9.17) is 10.8 Å². The van der Waals surface area contributed by atoms with Crippen LogP contribution in [0.25, 0.3) is 0 Å². The van der Waals surface area contributed by atoms with Crippen LogP contribution in [0.15, 0.2) is 23.1 Å². The Morgan fingerprint density at radius 3 is 2.58 bits per heavy atom. The fourth-order valence-electron chi connectivity index (χ4n) is 1.76. The van der Waals surface area contributed by atoms with Gasteiger partial charge in [0, 0.05) is 18.3 Å². The van der Waals surface area contributed by atoms with Crippen LogP contribution >= 0.6 is 0 Å². The van der Waals surface area contributed by atoms with E-state index < -0.39 is 10.0 Å². The van der Waals surface area contributed by atoms with Crippen molar-refractivity contribution in [3.63, 3.8) is 0 Å². The Kier molecular flexibility index (Phi) is 5.59. The van der Waals surface area contributed by atoms with Crippen molar-refractivity contribution in [3.8, 4) is 0 Å². The van der Waals surface area contributed by atoms with Crippen molar-refractivity contribution in [2.24, 2.45) is 0 Å². The second kappa shape index (κ2) is 6.74. The highest BCUT2D eigenvalue weighted by molar-refractivity contribution is 7.89. The molecular weight excluding hydrogens is 266 g/mol. The summed E-state index contributed by atoms with van der Waals surface area (Å²) in [5.41, 5.74) is 6.70. The van der Waals surface area contributed by atoms with Gasteiger partial charge in [0.2, 0.25) is 10.0 Å². The van der Waals surface area contributed by atoms with E-state index in [1.54, 1.807) is 12.1 Å². The normalized spacial score (nSPS) is 13.2. The van der Waals surface area contributed by atoms with Crippen molar-refractivity contribution in [3.05, 3.63) is 18.2 Å². The van der Waals surface area contributed by atoms with E-state index >= 15 is 0 Å². The lowest BCUT2D eigenvalue weighted by atomic mass is 10.1. The second-order valence-electron chi connectivity index (χ2n) is 4.22. The summed E-state index contributed by atoms with van der Waals surface area (Å²) < 4.78 is 25.6. The van der Waals surface area contributed by atoms with E-state index in [0.29, 0.717) is 6.42 Å². The Morgan fingerprint density at radius 2 is 2.11 bits per heavy atom. The predicted octanol–water partition coefficient (Wildman–Crippen LogP) is 0.750. The summed E-state index contributed by atoms with van der Waals surface area (Å²) in [5.74, 6) is 0. The van der Waals surface area contributed by atoms with Crippen molar-refractivity contribution in [1.29, 1.82) is 0 Å². The lowest BCUT2D eigenvalue weighted by Gasteiger charge is -2.18. The maximum absolute atomic E-state index is 11.7. The van der Waals surface area contributed by atoms with Crippen LogP contribution in [0.4, 0.5) is 11.4 Å². The zero-order valence-corrected chi connectivity index (χ0v) is 12.0. The van der Waals surface area contributed by atoms with Gasteiger partial charge in [0.25, 0.3) is 0 Å². The third kappa shape index (κ3) is 4.09. The number of nitrogens with two attached hydrogens (primary N) is 1. The van der Waals surface area contributed by atoms with Crippen molar-refractivity contribution >= 4 is 21.4 Å². The van der Waals surface area contributed by atoms with Crippen LogP contribution in [0.5, 0.6) is 0 Å². The second-order valence-corrected chi connectivity index (χ2v) is 6.08. The molecule has 0 aliphatic heterocycles. The third-order valence-electron chi connectivity index (χ3n) is 2.91. The van der Waals surface area contributed by atoms with Gasteiger partial charge in [-0.1, -0.05) is 6.92 Å². The molecule has 0 heterocycles. The fraction of sp³-hybridized carbons (Fsp3) is 0.500. The fourth-order valence-corrected chi connectivity index (χ4v) is 2.60. The highest BCUT2D eigenvalue weighted by Crippen LogP contribution is 2.23. The number of rotatable bonds is 7. The molecule has 19 heavy (non-hydrogen) atoms. The Hall–Kier alpha value is -1.31. The number of aliphatic hydroxyl groups is 1. The molecule has 1 unspecified atom stereocenters. The van der Waals surface area contributed by atoms with Crippen LogP contribution in [0.3, 0.4) is 0 Å². The molecule has 0 radical (unpaired) electrons. The van der Waals surface area contributed by atoms with Gasteiger partial charge in [-0.05, 0) is 38.1 Å². The van der Waals surface area contributed by atoms with E-state index in [0.717, 1.165) is 12.1 Å². The van der Waals surface area contributed by atoms with Gasteiger partial charge in [0.1, 0.15) is 4.90 Å². The Labute approximate surface area is 114 Å². The number of nitrogen functional groups attached to an aromatic ring is 1. The number of nitrogens with one attached hydrogen (secondary N) is 2. The molecule has 0 amide bonds. The molecule has 1 aromatic carbocycles. The van der Waals surface area contributed by atoms with Crippen LogP contribution in [0.2, 0.25) is 0 Å². The number of aliphatic hydroxyl groups excluding tert-OH is 1. The largest absolute Gasteiger partial charge is 0.398 e. The van der Waals surface area contributed by atoms with Gasteiger partial charge >= 0.3 is 0 Å². The van der Waals surface area contributed by atoms with Gasteiger partial charge in [-0.25, -0.2) is 13.1 Å². The van der Waals surface area contributed by atoms with Crippen LogP contribution in [0.1, 0.15) is 19.8 Å². The topological polar surface area (TPSA) is 104 Å². The number of sulfonamides is 1. The Morgan fingerprint density at radius 1 is 1.42 bits per heavy atom. The molecule has 0 bridgehead atoms. The summed E-state index contributed by atoms with van der Waals surface area (Å²) in [6.07, 6.45) is 1.49.